The van der Waals surface area contributed by atoms with Crippen LogP contribution in [0.1, 0.15) is 43.5 Å². The average molecular weight is 258 g/mol. The van der Waals surface area contributed by atoms with Gasteiger partial charge in [0.2, 0.25) is 0 Å². The van der Waals surface area contributed by atoms with E-state index >= 15 is 0 Å². The number of hydrogen-bond donors (Lipinski definition) is 2. The molecule has 3 nitrogen and oxygen atoms in total. The molecule has 0 aliphatic heterocycles. The Morgan fingerprint density at radius 3 is 2.89 bits per heavy atom. The van der Waals surface area contributed by atoms with Gasteiger partial charge in [0.15, 0.2) is 0 Å². The van der Waals surface area contributed by atoms with Crippen molar-refractivity contribution in [2.75, 3.05) is 6.54 Å². The van der Waals surface area contributed by atoms with Gasteiger partial charge >= 0.3 is 0 Å². The van der Waals surface area contributed by atoms with Gasteiger partial charge in [-0.15, -0.1) is 0 Å². The van der Waals surface area contributed by atoms with E-state index < -0.39 is 0 Å². The number of aromatic amines is 1. The molecule has 0 bridgehead atoms. The molecular weight excluding hydrogens is 236 g/mol. The minimum absolute atomic E-state index is 0.0117. The van der Waals surface area contributed by atoms with Gasteiger partial charge in [0.25, 0.3) is 5.91 Å². The van der Waals surface area contributed by atoms with Crippen LogP contribution < -0.4 is 5.32 Å². The van der Waals surface area contributed by atoms with Gasteiger partial charge in [0, 0.05) is 18.1 Å². The molecule has 0 saturated carbocycles. The van der Waals surface area contributed by atoms with E-state index in [1.54, 1.807) is 0 Å². The number of carbonyl (C=O) groups is 1. The van der Waals surface area contributed by atoms with Gasteiger partial charge in [0.1, 0.15) is 0 Å². The highest BCUT2D eigenvalue weighted by molar-refractivity contribution is 6.05. The minimum Gasteiger partial charge on any atom is -0.361 e. The van der Waals surface area contributed by atoms with E-state index in [0.29, 0.717) is 0 Å². The second kappa shape index (κ2) is 6.41. The predicted octanol–water partition coefficient (Wildman–Crippen LogP) is 3.72. The SMILES string of the molecule is CC(C)CCCCNC(=O)c1cccc2cc[nH]c12. The topological polar surface area (TPSA) is 44.9 Å². The molecule has 0 fully saturated rings. The molecule has 2 aromatic rings. The van der Waals surface area contributed by atoms with Crippen molar-refractivity contribution in [3.05, 3.63) is 36.0 Å². The van der Waals surface area contributed by atoms with Gasteiger partial charge in [-0.2, -0.15) is 0 Å². The molecule has 3 heteroatoms. The van der Waals surface area contributed by atoms with Crippen LogP contribution in [0.3, 0.4) is 0 Å². The van der Waals surface area contributed by atoms with Crippen LogP contribution in [0.15, 0.2) is 30.5 Å². The molecule has 0 atom stereocenters. The van der Waals surface area contributed by atoms with Gasteiger partial charge in [-0.25, -0.2) is 0 Å². The van der Waals surface area contributed by atoms with E-state index in [2.05, 4.69) is 24.1 Å². The van der Waals surface area contributed by atoms with Crippen molar-refractivity contribution in [2.45, 2.75) is 33.1 Å². The highest BCUT2D eigenvalue weighted by Crippen LogP contribution is 2.16. The first-order valence-electron chi connectivity index (χ1n) is 7.03. The molecule has 0 spiro atoms. The third kappa shape index (κ3) is 3.60. The van der Waals surface area contributed by atoms with Gasteiger partial charge < -0.3 is 10.3 Å². The Morgan fingerprint density at radius 2 is 2.11 bits per heavy atom. The fourth-order valence-corrected chi connectivity index (χ4v) is 2.25. The summed E-state index contributed by atoms with van der Waals surface area (Å²) < 4.78 is 0. The van der Waals surface area contributed by atoms with E-state index in [4.69, 9.17) is 0 Å². The molecule has 2 rings (SSSR count). The first kappa shape index (κ1) is 13.7. The van der Waals surface area contributed by atoms with E-state index in [0.717, 1.165) is 35.3 Å². The number of para-hydroxylation sites is 1. The van der Waals surface area contributed by atoms with Crippen molar-refractivity contribution in [3.8, 4) is 0 Å². The zero-order chi connectivity index (χ0) is 13.7. The number of amides is 1. The van der Waals surface area contributed by atoms with Crippen LogP contribution >= 0.6 is 0 Å². The number of rotatable bonds is 6. The lowest BCUT2D eigenvalue weighted by molar-refractivity contribution is 0.0954. The normalized spacial score (nSPS) is 11.1. The third-order valence-electron chi connectivity index (χ3n) is 3.33. The summed E-state index contributed by atoms with van der Waals surface area (Å²) in [6, 6.07) is 7.77. The van der Waals surface area contributed by atoms with Crippen LogP contribution in [-0.4, -0.2) is 17.4 Å². The average Bonchev–Trinajstić information content (AvgIpc) is 2.85. The molecule has 1 amide bonds. The molecule has 0 unspecified atom stereocenters. The zero-order valence-corrected chi connectivity index (χ0v) is 11.7. The molecule has 0 aliphatic rings. The molecule has 1 aromatic carbocycles. The number of benzene rings is 1. The molecule has 2 N–H and O–H groups in total. The Labute approximate surface area is 114 Å². The van der Waals surface area contributed by atoms with Gasteiger partial charge in [-0.3, -0.25) is 4.79 Å². The van der Waals surface area contributed by atoms with E-state index in [9.17, 15) is 4.79 Å². The van der Waals surface area contributed by atoms with Crippen LogP contribution in [-0.2, 0) is 0 Å². The maximum absolute atomic E-state index is 12.1. The summed E-state index contributed by atoms with van der Waals surface area (Å²) >= 11 is 0. The summed E-state index contributed by atoms with van der Waals surface area (Å²) in [5, 5.41) is 4.07. The molecule has 0 radical (unpaired) electrons. The number of nitrogens with one attached hydrogen (secondary N) is 2. The quantitative estimate of drug-likeness (QED) is 0.762. The molecule has 102 valence electrons. The summed E-state index contributed by atoms with van der Waals surface area (Å²) in [6.07, 6.45) is 5.31. The maximum Gasteiger partial charge on any atom is 0.253 e. The van der Waals surface area contributed by atoms with Crippen LogP contribution in [0, 0.1) is 5.92 Å². The number of unbranched alkanes of at least 4 members (excludes halogenated alkanes) is 1. The molecule has 0 saturated heterocycles. The van der Waals surface area contributed by atoms with Crippen molar-refractivity contribution in [1.29, 1.82) is 0 Å². The van der Waals surface area contributed by atoms with Crippen LogP contribution in [0.25, 0.3) is 10.9 Å². The second-order valence-electron chi connectivity index (χ2n) is 5.39. The smallest absolute Gasteiger partial charge is 0.253 e. The summed E-state index contributed by atoms with van der Waals surface area (Å²) in [6.45, 7) is 5.21. The van der Waals surface area contributed by atoms with Crippen LogP contribution in [0.4, 0.5) is 0 Å². The lowest BCUT2D eigenvalue weighted by atomic mass is 10.1. The number of H-pyrrole nitrogens is 1. The van der Waals surface area contributed by atoms with E-state index in [1.807, 2.05) is 30.5 Å². The monoisotopic (exact) mass is 258 g/mol. The van der Waals surface area contributed by atoms with Gasteiger partial charge in [-0.05, 0) is 24.5 Å². The summed E-state index contributed by atoms with van der Waals surface area (Å²) in [5.41, 5.74) is 1.65. The Kier molecular flexibility index (Phi) is 4.61. The number of hydrogen-bond acceptors (Lipinski definition) is 1. The van der Waals surface area contributed by atoms with Crippen molar-refractivity contribution in [2.24, 2.45) is 5.92 Å². The third-order valence-corrected chi connectivity index (χ3v) is 3.33. The highest BCUT2D eigenvalue weighted by Gasteiger charge is 2.09. The Morgan fingerprint density at radius 1 is 1.26 bits per heavy atom. The minimum atomic E-state index is 0.0117. The molecular formula is C16H22N2O. The molecule has 1 aromatic heterocycles. The molecule has 1 heterocycles. The van der Waals surface area contributed by atoms with Crippen molar-refractivity contribution >= 4 is 16.8 Å². The Hall–Kier alpha value is -1.77. The van der Waals surface area contributed by atoms with Gasteiger partial charge in [0.05, 0.1) is 11.1 Å². The summed E-state index contributed by atoms with van der Waals surface area (Å²) in [7, 11) is 0. The van der Waals surface area contributed by atoms with Crippen molar-refractivity contribution in [1.82, 2.24) is 10.3 Å². The highest BCUT2D eigenvalue weighted by atomic mass is 16.1. The van der Waals surface area contributed by atoms with Crippen molar-refractivity contribution in [3.63, 3.8) is 0 Å². The Bertz CT molecular complexity index is 542. The van der Waals surface area contributed by atoms with Crippen LogP contribution in [0.2, 0.25) is 0 Å². The lowest BCUT2D eigenvalue weighted by Gasteiger charge is -2.07. The van der Waals surface area contributed by atoms with Crippen molar-refractivity contribution < 1.29 is 4.79 Å². The Balaban J connectivity index is 1.88. The first-order chi connectivity index (χ1) is 9.18. The first-order valence-corrected chi connectivity index (χ1v) is 7.03. The fraction of sp³-hybridized carbons (Fsp3) is 0.438. The predicted molar refractivity (Wildman–Crippen MR) is 79.3 cm³/mol. The van der Waals surface area contributed by atoms with Crippen LogP contribution in [0.5, 0.6) is 0 Å². The maximum atomic E-state index is 12.1. The largest absolute Gasteiger partial charge is 0.361 e. The second-order valence-corrected chi connectivity index (χ2v) is 5.39. The van der Waals surface area contributed by atoms with E-state index in [-0.39, 0.29) is 5.91 Å². The number of carbonyl (C=O) groups excluding carboxylic acids is 1. The standard InChI is InChI=1S/C16H22N2O/c1-12(2)6-3-4-10-18-16(19)14-8-5-7-13-9-11-17-15(13)14/h5,7-9,11-12,17H,3-4,6,10H2,1-2H3,(H,18,19). The molecule has 0 aliphatic carbocycles. The molecule has 19 heavy (non-hydrogen) atoms. The number of aromatic nitrogens is 1. The zero-order valence-electron chi connectivity index (χ0n) is 11.7. The summed E-state index contributed by atoms with van der Waals surface area (Å²) in [4.78, 5) is 15.2. The number of fused-ring (bicyclic) bond motifs is 1. The summed E-state index contributed by atoms with van der Waals surface area (Å²) in [5.74, 6) is 0.751. The van der Waals surface area contributed by atoms with E-state index in [1.165, 1.54) is 12.8 Å². The van der Waals surface area contributed by atoms with Gasteiger partial charge in [-0.1, -0.05) is 38.8 Å². The fourth-order valence-electron chi connectivity index (χ4n) is 2.25. The lowest BCUT2D eigenvalue weighted by Crippen LogP contribution is -2.24.